The zero-order chi connectivity index (χ0) is 21.3. The molecule has 0 amide bonds. The van der Waals surface area contributed by atoms with Crippen molar-refractivity contribution in [3.8, 4) is 0 Å². The predicted octanol–water partition coefficient (Wildman–Crippen LogP) is 1.15. The summed E-state index contributed by atoms with van der Waals surface area (Å²) in [5.74, 6) is 1.29. The van der Waals surface area contributed by atoms with Crippen LogP contribution in [0.2, 0.25) is 0 Å². The van der Waals surface area contributed by atoms with Gasteiger partial charge in [0.2, 0.25) is 10.0 Å². The Labute approximate surface area is 182 Å². The maximum absolute atomic E-state index is 12.2. The van der Waals surface area contributed by atoms with Gasteiger partial charge in [0.05, 0.1) is 19.0 Å². The maximum atomic E-state index is 12.2. The van der Waals surface area contributed by atoms with Gasteiger partial charge in [-0.15, -0.1) is 0 Å². The molecule has 1 saturated heterocycles. The normalized spacial score (nSPS) is 23.7. The fraction of sp³-hybridized carbons (Fsp3) is 0.952. The number of rotatable bonds is 10. The number of hydrogen-bond donors (Lipinski definition) is 3. The van der Waals surface area contributed by atoms with Crippen LogP contribution in [0.15, 0.2) is 4.99 Å². The van der Waals surface area contributed by atoms with Gasteiger partial charge in [0.15, 0.2) is 5.96 Å². The molecule has 8 nitrogen and oxygen atoms in total. The maximum Gasteiger partial charge on any atom is 0.213 e. The molecule has 0 unspecified atom stereocenters. The monoisotopic (exact) mass is 443 g/mol. The van der Waals surface area contributed by atoms with E-state index in [4.69, 9.17) is 4.74 Å². The van der Waals surface area contributed by atoms with Gasteiger partial charge in [-0.05, 0) is 31.6 Å². The SMILES string of the molecule is CN=C(NCCS(=O)(=O)NCC1CCC1)NCC1(CN2CCOCC2)CCCCC1. The second-order valence-electron chi connectivity index (χ2n) is 9.27. The lowest BCUT2D eigenvalue weighted by Crippen LogP contribution is -2.51. The zero-order valence-corrected chi connectivity index (χ0v) is 19.4. The molecule has 1 heterocycles. The first-order valence-electron chi connectivity index (χ1n) is 11.7. The van der Waals surface area contributed by atoms with Crippen LogP contribution in [-0.2, 0) is 14.8 Å². The molecule has 9 heteroatoms. The van der Waals surface area contributed by atoms with Gasteiger partial charge in [0.25, 0.3) is 0 Å². The molecule has 3 fully saturated rings. The van der Waals surface area contributed by atoms with E-state index in [1.165, 1.54) is 38.5 Å². The first kappa shape index (κ1) is 23.8. The zero-order valence-electron chi connectivity index (χ0n) is 18.6. The number of hydrogen-bond acceptors (Lipinski definition) is 5. The van der Waals surface area contributed by atoms with Crippen molar-refractivity contribution in [2.45, 2.75) is 51.4 Å². The molecule has 0 atom stereocenters. The van der Waals surface area contributed by atoms with E-state index in [-0.39, 0.29) is 11.2 Å². The fourth-order valence-electron chi connectivity index (χ4n) is 4.74. The lowest BCUT2D eigenvalue weighted by molar-refractivity contribution is 0.00820. The number of guanidine groups is 1. The Hall–Kier alpha value is -0.900. The van der Waals surface area contributed by atoms with E-state index in [2.05, 4.69) is 25.2 Å². The molecule has 3 aliphatic rings. The minimum Gasteiger partial charge on any atom is -0.379 e. The molecular weight excluding hydrogens is 402 g/mol. The van der Waals surface area contributed by atoms with Crippen LogP contribution in [0, 0.1) is 11.3 Å². The first-order chi connectivity index (χ1) is 14.5. The highest BCUT2D eigenvalue weighted by atomic mass is 32.2. The van der Waals surface area contributed by atoms with Crippen molar-refractivity contribution in [2.24, 2.45) is 16.3 Å². The van der Waals surface area contributed by atoms with Crippen LogP contribution < -0.4 is 15.4 Å². The van der Waals surface area contributed by atoms with Crippen LogP contribution in [0.3, 0.4) is 0 Å². The number of sulfonamides is 1. The van der Waals surface area contributed by atoms with E-state index in [1.807, 2.05) is 0 Å². The predicted molar refractivity (Wildman–Crippen MR) is 121 cm³/mol. The lowest BCUT2D eigenvalue weighted by atomic mass is 9.73. The van der Waals surface area contributed by atoms with E-state index < -0.39 is 10.0 Å². The molecule has 174 valence electrons. The Morgan fingerprint density at radius 2 is 1.83 bits per heavy atom. The Balaban J connectivity index is 1.42. The third kappa shape index (κ3) is 7.66. The standard InChI is InChI=1S/C21H41N5O3S/c1-22-20(23-10-15-30(27,28)25-16-19-6-5-7-19)24-17-21(8-3-2-4-9-21)18-26-11-13-29-14-12-26/h19,25H,2-18H2,1H3,(H2,22,23,24). The summed E-state index contributed by atoms with van der Waals surface area (Å²) in [6.45, 7) is 6.60. The van der Waals surface area contributed by atoms with Crippen molar-refractivity contribution in [3.05, 3.63) is 0 Å². The average molecular weight is 444 g/mol. The van der Waals surface area contributed by atoms with E-state index in [1.54, 1.807) is 7.05 Å². The number of nitrogens with zero attached hydrogens (tertiary/aromatic N) is 2. The van der Waals surface area contributed by atoms with Crippen LogP contribution in [0.4, 0.5) is 0 Å². The van der Waals surface area contributed by atoms with Crippen LogP contribution >= 0.6 is 0 Å². The van der Waals surface area contributed by atoms with Crippen molar-refractivity contribution < 1.29 is 13.2 Å². The van der Waals surface area contributed by atoms with Crippen molar-refractivity contribution in [2.75, 3.05) is 65.3 Å². The summed E-state index contributed by atoms with van der Waals surface area (Å²) >= 11 is 0. The Kier molecular flexibility index (Phi) is 9.22. The van der Waals surface area contributed by atoms with Gasteiger partial charge in [0, 0.05) is 51.7 Å². The van der Waals surface area contributed by atoms with Crippen molar-refractivity contribution in [1.82, 2.24) is 20.3 Å². The summed E-state index contributed by atoms with van der Waals surface area (Å²) in [4.78, 5) is 6.85. The summed E-state index contributed by atoms with van der Waals surface area (Å²) in [7, 11) is -1.49. The quantitative estimate of drug-likeness (QED) is 0.346. The minimum atomic E-state index is -3.24. The second-order valence-corrected chi connectivity index (χ2v) is 11.2. The molecular formula is C21H41N5O3S. The van der Waals surface area contributed by atoms with E-state index in [0.29, 0.717) is 25.0 Å². The summed E-state index contributed by atoms with van der Waals surface area (Å²) in [5.41, 5.74) is 0.254. The Morgan fingerprint density at radius 3 is 2.47 bits per heavy atom. The van der Waals surface area contributed by atoms with Crippen molar-refractivity contribution in [1.29, 1.82) is 0 Å². The van der Waals surface area contributed by atoms with Gasteiger partial charge in [-0.25, -0.2) is 13.1 Å². The summed E-state index contributed by atoms with van der Waals surface area (Å²) < 4.78 is 32.6. The topological polar surface area (TPSA) is 95.1 Å². The van der Waals surface area contributed by atoms with Gasteiger partial charge in [0.1, 0.15) is 0 Å². The van der Waals surface area contributed by atoms with Gasteiger partial charge >= 0.3 is 0 Å². The molecule has 0 aromatic carbocycles. The molecule has 30 heavy (non-hydrogen) atoms. The highest BCUT2D eigenvalue weighted by Crippen LogP contribution is 2.36. The molecule has 3 N–H and O–H groups in total. The molecule has 0 aromatic heterocycles. The third-order valence-corrected chi connectivity index (χ3v) is 8.26. The van der Waals surface area contributed by atoms with Crippen LogP contribution in [0.1, 0.15) is 51.4 Å². The van der Waals surface area contributed by atoms with Crippen LogP contribution in [0.25, 0.3) is 0 Å². The molecule has 2 aliphatic carbocycles. The van der Waals surface area contributed by atoms with Crippen molar-refractivity contribution in [3.63, 3.8) is 0 Å². The third-order valence-electron chi connectivity index (χ3n) is 6.91. The molecule has 0 radical (unpaired) electrons. The first-order valence-corrected chi connectivity index (χ1v) is 13.4. The lowest BCUT2D eigenvalue weighted by Gasteiger charge is -2.42. The summed E-state index contributed by atoms with van der Waals surface area (Å²) in [6, 6.07) is 0. The molecule has 1 aliphatic heterocycles. The van der Waals surface area contributed by atoms with E-state index in [0.717, 1.165) is 52.2 Å². The van der Waals surface area contributed by atoms with Gasteiger partial charge in [-0.1, -0.05) is 25.7 Å². The second kappa shape index (κ2) is 11.6. The minimum absolute atomic E-state index is 0.0688. The highest BCUT2D eigenvalue weighted by molar-refractivity contribution is 7.89. The molecule has 0 bridgehead atoms. The summed E-state index contributed by atoms with van der Waals surface area (Å²) in [5, 5.41) is 6.68. The van der Waals surface area contributed by atoms with Crippen molar-refractivity contribution >= 4 is 16.0 Å². The average Bonchev–Trinajstić information content (AvgIpc) is 2.71. The van der Waals surface area contributed by atoms with Crippen LogP contribution in [0.5, 0.6) is 0 Å². The van der Waals surface area contributed by atoms with E-state index >= 15 is 0 Å². The number of aliphatic imine (C=N–C) groups is 1. The number of nitrogens with one attached hydrogen (secondary N) is 3. The molecule has 0 aromatic rings. The number of morpholine rings is 1. The largest absolute Gasteiger partial charge is 0.379 e. The van der Waals surface area contributed by atoms with E-state index in [9.17, 15) is 8.42 Å². The fourth-order valence-corrected chi connectivity index (χ4v) is 5.74. The number of ether oxygens (including phenoxy) is 1. The Morgan fingerprint density at radius 1 is 1.10 bits per heavy atom. The molecule has 2 saturated carbocycles. The van der Waals surface area contributed by atoms with Gasteiger partial charge in [-0.2, -0.15) is 0 Å². The highest BCUT2D eigenvalue weighted by Gasteiger charge is 2.34. The van der Waals surface area contributed by atoms with Gasteiger partial charge < -0.3 is 15.4 Å². The summed E-state index contributed by atoms with van der Waals surface area (Å²) in [6.07, 6.45) is 9.85. The van der Waals surface area contributed by atoms with Crippen LogP contribution in [-0.4, -0.2) is 84.6 Å². The smallest absolute Gasteiger partial charge is 0.213 e. The Bertz CT molecular complexity index is 639. The molecule has 0 spiro atoms. The van der Waals surface area contributed by atoms with Gasteiger partial charge in [-0.3, -0.25) is 9.89 Å². The molecule has 3 rings (SSSR count).